The number of hydrogen-bond donors (Lipinski definition) is 1. The summed E-state index contributed by atoms with van der Waals surface area (Å²) in [5.41, 5.74) is 7.81. The van der Waals surface area contributed by atoms with Crippen molar-refractivity contribution in [1.82, 2.24) is 0 Å². The Bertz CT molecular complexity index is 281. The van der Waals surface area contributed by atoms with Crippen molar-refractivity contribution in [1.29, 1.82) is 0 Å². The zero-order valence-corrected chi connectivity index (χ0v) is 8.50. The van der Waals surface area contributed by atoms with Crippen LogP contribution in [-0.4, -0.2) is 6.61 Å². The Labute approximate surface area is 79.7 Å². The van der Waals surface area contributed by atoms with Crippen LogP contribution in [0.25, 0.3) is 0 Å². The summed E-state index contributed by atoms with van der Waals surface area (Å²) >= 11 is 0. The van der Waals surface area contributed by atoms with Gasteiger partial charge in [0.2, 0.25) is 0 Å². The summed E-state index contributed by atoms with van der Waals surface area (Å²) in [6.07, 6.45) is 0. The molecule has 0 aromatic heterocycles. The summed E-state index contributed by atoms with van der Waals surface area (Å²) in [5.74, 6) is 1.32. The minimum atomic E-state index is 0.405. The van der Waals surface area contributed by atoms with Crippen molar-refractivity contribution in [3.05, 3.63) is 23.8 Å². The predicted molar refractivity (Wildman–Crippen MR) is 56.1 cm³/mol. The van der Waals surface area contributed by atoms with E-state index in [0.717, 1.165) is 17.0 Å². The Kier molecular flexibility index (Phi) is 3.18. The molecule has 0 bridgehead atoms. The number of rotatable bonds is 3. The van der Waals surface area contributed by atoms with E-state index < -0.39 is 0 Å². The molecule has 0 fully saturated rings. The molecule has 0 saturated carbocycles. The highest BCUT2D eigenvalue weighted by Crippen LogP contribution is 2.31. The topological polar surface area (TPSA) is 35.2 Å². The average molecular weight is 179 g/mol. The van der Waals surface area contributed by atoms with Gasteiger partial charge in [0.25, 0.3) is 0 Å². The van der Waals surface area contributed by atoms with Gasteiger partial charge in [-0.3, -0.25) is 0 Å². The van der Waals surface area contributed by atoms with Gasteiger partial charge in [-0.2, -0.15) is 0 Å². The Balaban J connectivity index is 3.10. The zero-order chi connectivity index (χ0) is 9.84. The number of ether oxygens (including phenoxy) is 1. The Morgan fingerprint density at radius 2 is 2.08 bits per heavy atom. The minimum absolute atomic E-state index is 0.405. The van der Waals surface area contributed by atoms with Crippen molar-refractivity contribution in [3.8, 4) is 5.75 Å². The summed E-state index contributed by atoms with van der Waals surface area (Å²) in [6, 6.07) is 5.80. The Morgan fingerprint density at radius 3 is 2.62 bits per heavy atom. The van der Waals surface area contributed by atoms with E-state index in [0.29, 0.717) is 12.5 Å². The summed E-state index contributed by atoms with van der Waals surface area (Å²) in [6.45, 7) is 6.90. The number of benzene rings is 1. The van der Waals surface area contributed by atoms with Gasteiger partial charge in [0.05, 0.1) is 6.61 Å². The molecule has 1 rings (SSSR count). The van der Waals surface area contributed by atoms with Crippen LogP contribution in [0.15, 0.2) is 18.2 Å². The number of nitrogen functional groups attached to an aromatic ring is 1. The van der Waals surface area contributed by atoms with Crippen molar-refractivity contribution >= 4 is 5.69 Å². The first-order chi connectivity index (χ1) is 6.16. The highest BCUT2D eigenvalue weighted by molar-refractivity contribution is 5.55. The van der Waals surface area contributed by atoms with Gasteiger partial charge in [-0.25, -0.2) is 0 Å². The number of hydrogen-bond acceptors (Lipinski definition) is 2. The molecule has 1 aromatic carbocycles. The van der Waals surface area contributed by atoms with Crippen molar-refractivity contribution in [2.45, 2.75) is 26.7 Å². The molecule has 2 N–H and O–H groups in total. The highest BCUT2D eigenvalue weighted by atomic mass is 16.5. The van der Waals surface area contributed by atoms with Crippen LogP contribution >= 0.6 is 0 Å². The first-order valence-electron chi connectivity index (χ1n) is 4.68. The normalized spacial score (nSPS) is 10.5. The third kappa shape index (κ3) is 2.14. The van der Waals surface area contributed by atoms with Gasteiger partial charge in [0, 0.05) is 11.3 Å². The second-order valence-electron chi connectivity index (χ2n) is 3.35. The molecule has 0 radical (unpaired) electrons. The van der Waals surface area contributed by atoms with Gasteiger partial charge in [-0.05, 0) is 25.0 Å². The van der Waals surface area contributed by atoms with Crippen molar-refractivity contribution in [2.75, 3.05) is 12.3 Å². The van der Waals surface area contributed by atoms with Crippen LogP contribution in [0.2, 0.25) is 0 Å². The van der Waals surface area contributed by atoms with Gasteiger partial charge in [-0.15, -0.1) is 0 Å². The Hall–Kier alpha value is -1.18. The largest absolute Gasteiger partial charge is 0.494 e. The average Bonchev–Trinajstić information content (AvgIpc) is 2.04. The molecule has 0 spiro atoms. The maximum absolute atomic E-state index is 5.87. The maximum atomic E-state index is 5.87. The predicted octanol–water partition coefficient (Wildman–Crippen LogP) is 2.79. The summed E-state index contributed by atoms with van der Waals surface area (Å²) < 4.78 is 5.50. The van der Waals surface area contributed by atoms with E-state index >= 15 is 0 Å². The van der Waals surface area contributed by atoms with E-state index in [9.17, 15) is 0 Å². The van der Waals surface area contributed by atoms with Crippen LogP contribution in [0, 0.1) is 0 Å². The van der Waals surface area contributed by atoms with Crippen molar-refractivity contribution < 1.29 is 4.74 Å². The molecular formula is C11H17NO. The molecule has 0 atom stereocenters. The number of nitrogens with two attached hydrogens (primary N) is 1. The lowest BCUT2D eigenvalue weighted by molar-refractivity contribution is 0.335. The molecule has 0 aliphatic rings. The highest BCUT2D eigenvalue weighted by Gasteiger charge is 2.10. The quantitative estimate of drug-likeness (QED) is 0.724. The summed E-state index contributed by atoms with van der Waals surface area (Å²) in [5, 5.41) is 0. The van der Waals surface area contributed by atoms with Gasteiger partial charge < -0.3 is 10.5 Å². The molecule has 72 valence electrons. The third-order valence-corrected chi connectivity index (χ3v) is 1.98. The van der Waals surface area contributed by atoms with Gasteiger partial charge in [0.1, 0.15) is 5.75 Å². The molecule has 2 nitrogen and oxygen atoms in total. The van der Waals surface area contributed by atoms with Gasteiger partial charge in [0.15, 0.2) is 0 Å². The molecule has 0 amide bonds. The fourth-order valence-electron chi connectivity index (χ4n) is 1.46. The standard InChI is InChI=1S/C11H17NO/c1-4-13-10-7-5-6-9(12)11(10)8(2)3/h5-8H,4,12H2,1-3H3. The molecular weight excluding hydrogens is 162 g/mol. The third-order valence-electron chi connectivity index (χ3n) is 1.98. The molecule has 1 aromatic rings. The zero-order valence-electron chi connectivity index (χ0n) is 8.50. The van der Waals surface area contributed by atoms with E-state index in [1.54, 1.807) is 0 Å². The van der Waals surface area contributed by atoms with Crippen LogP contribution in [0.5, 0.6) is 5.75 Å². The second kappa shape index (κ2) is 4.17. The fraction of sp³-hybridized carbons (Fsp3) is 0.455. The molecule has 0 aliphatic carbocycles. The number of anilines is 1. The van der Waals surface area contributed by atoms with E-state index in [1.165, 1.54) is 0 Å². The van der Waals surface area contributed by atoms with E-state index in [-0.39, 0.29) is 0 Å². The first-order valence-corrected chi connectivity index (χ1v) is 4.68. The van der Waals surface area contributed by atoms with Gasteiger partial charge >= 0.3 is 0 Å². The van der Waals surface area contributed by atoms with E-state index in [1.807, 2.05) is 25.1 Å². The van der Waals surface area contributed by atoms with Crippen molar-refractivity contribution in [2.24, 2.45) is 0 Å². The second-order valence-corrected chi connectivity index (χ2v) is 3.35. The molecule has 13 heavy (non-hydrogen) atoms. The van der Waals surface area contributed by atoms with Gasteiger partial charge in [-0.1, -0.05) is 19.9 Å². The van der Waals surface area contributed by atoms with E-state index in [4.69, 9.17) is 10.5 Å². The Morgan fingerprint density at radius 1 is 1.38 bits per heavy atom. The summed E-state index contributed by atoms with van der Waals surface area (Å²) in [7, 11) is 0. The van der Waals surface area contributed by atoms with E-state index in [2.05, 4.69) is 13.8 Å². The molecule has 0 unspecified atom stereocenters. The van der Waals surface area contributed by atoms with Crippen LogP contribution < -0.4 is 10.5 Å². The fourth-order valence-corrected chi connectivity index (χ4v) is 1.46. The monoisotopic (exact) mass is 179 g/mol. The minimum Gasteiger partial charge on any atom is -0.494 e. The first kappa shape index (κ1) is 9.90. The molecule has 0 saturated heterocycles. The van der Waals surface area contributed by atoms with Crippen LogP contribution in [0.4, 0.5) is 5.69 Å². The SMILES string of the molecule is CCOc1cccc(N)c1C(C)C. The molecule has 0 heterocycles. The lowest BCUT2D eigenvalue weighted by Gasteiger charge is -2.14. The van der Waals surface area contributed by atoms with Crippen LogP contribution in [0.1, 0.15) is 32.3 Å². The maximum Gasteiger partial charge on any atom is 0.124 e. The summed E-state index contributed by atoms with van der Waals surface area (Å²) in [4.78, 5) is 0. The smallest absolute Gasteiger partial charge is 0.124 e. The molecule has 2 heteroatoms. The lowest BCUT2D eigenvalue weighted by atomic mass is 10.0. The van der Waals surface area contributed by atoms with Crippen LogP contribution in [-0.2, 0) is 0 Å². The molecule has 0 aliphatic heterocycles. The lowest BCUT2D eigenvalue weighted by Crippen LogP contribution is -2.02. The van der Waals surface area contributed by atoms with Crippen LogP contribution in [0.3, 0.4) is 0 Å². The van der Waals surface area contributed by atoms with Crippen molar-refractivity contribution in [3.63, 3.8) is 0 Å².